The maximum atomic E-state index is 12.3. The zero-order chi connectivity index (χ0) is 22.9. The quantitative estimate of drug-likeness (QED) is 0.366. The van der Waals surface area contributed by atoms with Gasteiger partial charge in [-0.2, -0.15) is 0 Å². The first-order valence-corrected chi connectivity index (χ1v) is 10.8. The van der Waals surface area contributed by atoms with Crippen LogP contribution in [0.4, 0.5) is 0 Å². The maximum Gasteiger partial charge on any atom is 0.220 e. The number of aromatic nitrogens is 1. The van der Waals surface area contributed by atoms with Crippen molar-refractivity contribution in [2.45, 2.75) is 26.0 Å². The first-order chi connectivity index (χ1) is 16.2. The van der Waals surface area contributed by atoms with Gasteiger partial charge in [-0.15, -0.1) is 0 Å². The normalized spacial score (nSPS) is 10.6. The minimum Gasteiger partial charge on any atom is -0.497 e. The third kappa shape index (κ3) is 6.46. The van der Waals surface area contributed by atoms with Crippen molar-refractivity contribution in [2.24, 2.45) is 0 Å². The number of oxazole rings is 1. The highest BCUT2D eigenvalue weighted by Gasteiger charge is 2.09. The number of ether oxygens (including phenoxy) is 2. The van der Waals surface area contributed by atoms with Crippen LogP contribution in [0.25, 0.3) is 11.3 Å². The van der Waals surface area contributed by atoms with Gasteiger partial charge in [0.1, 0.15) is 18.1 Å². The molecule has 1 N–H and O–H groups in total. The molecule has 1 aromatic heterocycles. The molecule has 4 aromatic rings. The van der Waals surface area contributed by atoms with Crippen LogP contribution < -0.4 is 14.8 Å². The van der Waals surface area contributed by atoms with Crippen molar-refractivity contribution >= 4 is 5.91 Å². The molecule has 3 aromatic carbocycles. The highest BCUT2D eigenvalue weighted by molar-refractivity contribution is 5.76. The van der Waals surface area contributed by atoms with Crippen LogP contribution in [0.3, 0.4) is 0 Å². The minimum absolute atomic E-state index is 0.0604. The van der Waals surface area contributed by atoms with E-state index in [-0.39, 0.29) is 5.91 Å². The second-order valence-corrected chi connectivity index (χ2v) is 7.55. The number of amides is 1. The van der Waals surface area contributed by atoms with Crippen LogP contribution in [0.5, 0.6) is 11.5 Å². The molecule has 6 nitrogen and oxygen atoms in total. The molecule has 0 aliphatic rings. The maximum absolute atomic E-state index is 12.3. The van der Waals surface area contributed by atoms with Crippen LogP contribution in [-0.2, 0) is 24.4 Å². The summed E-state index contributed by atoms with van der Waals surface area (Å²) >= 11 is 0. The molecule has 168 valence electrons. The Morgan fingerprint density at radius 1 is 0.939 bits per heavy atom. The summed E-state index contributed by atoms with van der Waals surface area (Å²) in [5.41, 5.74) is 3.00. The number of hydrogen-bond acceptors (Lipinski definition) is 5. The number of carbonyl (C=O) groups is 1. The highest BCUT2D eigenvalue weighted by Crippen LogP contribution is 2.23. The lowest BCUT2D eigenvalue weighted by molar-refractivity contribution is -0.121. The number of nitrogens with zero attached hydrogens (tertiary/aromatic N) is 1. The summed E-state index contributed by atoms with van der Waals surface area (Å²) < 4.78 is 16.8. The fourth-order valence-corrected chi connectivity index (χ4v) is 3.31. The van der Waals surface area contributed by atoms with E-state index >= 15 is 0 Å². The predicted octanol–water partition coefficient (Wildman–Crippen LogP) is 5.18. The Kier molecular flexibility index (Phi) is 7.38. The van der Waals surface area contributed by atoms with Gasteiger partial charge in [0, 0.05) is 24.9 Å². The van der Waals surface area contributed by atoms with Crippen molar-refractivity contribution in [2.75, 3.05) is 7.11 Å². The number of carbonyl (C=O) groups excluding carboxylic acids is 1. The number of methoxy groups -OCH3 is 1. The number of benzene rings is 3. The third-order valence-electron chi connectivity index (χ3n) is 5.13. The summed E-state index contributed by atoms with van der Waals surface area (Å²) in [6.07, 6.45) is 2.41. The molecule has 6 heteroatoms. The molecule has 0 aliphatic heterocycles. The fourth-order valence-electron chi connectivity index (χ4n) is 3.31. The molecule has 1 amide bonds. The molecule has 4 rings (SSSR count). The average molecular weight is 443 g/mol. The van der Waals surface area contributed by atoms with E-state index < -0.39 is 0 Å². The largest absolute Gasteiger partial charge is 0.497 e. The molecule has 0 saturated carbocycles. The Bertz CT molecular complexity index is 1170. The van der Waals surface area contributed by atoms with Crippen molar-refractivity contribution in [1.82, 2.24) is 10.3 Å². The molecule has 0 bridgehead atoms. The van der Waals surface area contributed by atoms with Crippen LogP contribution in [-0.4, -0.2) is 18.0 Å². The molecular formula is C27H26N2O4. The van der Waals surface area contributed by atoms with E-state index in [1.54, 1.807) is 13.3 Å². The van der Waals surface area contributed by atoms with Crippen LogP contribution in [0.2, 0.25) is 0 Å². The summed E-state index contributed by atoms with van der Waals surface area (Å²) in [6, 6.07) is 25.3. The van der Waals surface area contributed by atoms with Gasteiger partial charge < -0.3 is 19.2 Å². The Morgan fingerprint density at radius 3 is 2.52 bits per heavy atom. The fraction of sp³-hybridized carbons (Fsp3) is 0.185. The van der Waals surface area contributed by atoms with Gasteiger partial charge in [0.15, 0.2) is 11.7 Å². The molecule has 0 radical (unpaired) electrons. The Hall–Kier alpha value is -4.06. The lowest BCUT2D eigenvalue weighted by atomic mass is 10.2. The molecule has 0 atom stereocenters. The average Bonchev–Trinajstić information content (AvgIpc) is 3.35. The van der Waals surface area contributed by atoms with Crippen LogP contribution >= 0.6 is 0 Å². The minimum atomic E-state index is -0.0604. The summed E-state index contributed by atoms with van der Waals surface area (Å²) in [7, 11) is 1.63. The first kappa shape index (κ1) is 22.1. The number of aryl methyl sites for hydroxylation is 1. The third-order valence-corrected chi connectivity index (χ3v) is 5.13. The van der Waals surface area contributed by atoms with Crippen molar-refractivity contribution < 1.29 is 18.7 Å². The van der Waals surface area contributed by atoms with Gasteiger partial charge >= 0.3 is 0 Å². The standard InChI is InChI=1S/C27H26N2O4/c1-31-23-12-10-22(11-13-23)25-18-29-27(33-25)15-14-26(30)28-17-21-8-5-9-24(16-21)32-19-20-6-3-2-4-7-20/h2-13,16,18H,14-15,17,19H2,1H3,(H,28,30). The van der Waals surface area contributed by atoms with E-state index in [9.17, 15) is 4.79 Å². The zero-order valence-corrected chi connectivity index (χ0v) is 18.5. The van der Waals surface area contributed by atoms with Crippen molar-refractivity contribution in [3.63, 3.8) is 0 Å². The molecule has 0 saturated heterocycles. The van der Waals surface area contributed by atoms with Gasteiger partial charge in [-0.05, 0) is 47.5 Å². The van der Waals surface area contributed by atoms with Gasteiger partial charge in [-0.25, -0.2) is 4.98 Å². The Morgan fingerprint density at radius 2 is 1.73 bits per heavy atom. The van der Waals surface area contributed by atoms with Crippen LogP contribution in [0.15, 0.2) is 89.5 Å². The van der Waals surface area contributed by atoms with E-state index in [1.807, 2.05) is 78.9 Å². The summed E-state index contributed by atoms with van der Waals surface area (Å²) in [5.74, 6) is 2.70. The number of rotatable bonds is 10. The lowest BCUT2D eigenvalue weighted by Gasteiger charge is -2.09. The molecule has 0 fully saturated rings. The van der Waals surface area contributed by atoms with Crippen molar-refractivity contribution in [3.05, 3.63) is 102 Å². The SMILES string of the molecule is COc1ccc(-c2cnc(CCC(=O)NCc3cccc(OCc4ccccc4)c3)o2)cc1. The summed E-state index contributed by atoms with van der Waals surface area (Å²) in [6.45, 7) is 0.940. The molecule has 1 heterocycles. The predicted molar refractivity (Wildman–Crippen MR) is 126 cm³/mol. The van der Waals surface area contributed by atoms with E-state index in [4.69, 9.17) is 13.9 Å². The molecule has 0 spiro atoms. The smallest absolute Gasteiger partial charge is 0.220 e. The number of nitrogens with one attached hydrogen (secondary N) is 1. The van der Waals surface area contributed by atoms with Gasteiger partial charge in [-0.1, -0.05) is 42.5 Å². The highest BCUT2D eigenvalue weighted by atomic mass is 16.5. The molecular weight excluding hydrogens is 416 g/mol. The Balaban J connectivity index is 1.23. The first-order valence-electron chi connectivity index (χ1n) is 10.8. The van der Waals surface area contributed by atoms with Gasteiger partial charge in [0.05, 0.1) is 13.3 Å². The monoisotopic (exact) mass is 442 g/mol. The molecule has 33 heavy (non-hydrogen) atoms. The van der Waals surface area contributed by atoms with Gasteiger partial charge in [0.25, 0.3) is 0 Å². The van der Waals surface area contributed by atoms with Crippen LogP contribution in [0.1, 0.15) is 23.4 Å². The second-order valence-electron chi connectivity index (χ2n) is 7.55. The summed E-state index contributed by atoms with van der Waals surface area (Å²) in [5, 5.41) is 2.94. The van der Waals surface area contributed by atoms with E-state index in [0.29, 0.717) is 37.6 Å². The second kappa shape index (κ2) is 11.0. The topological polar surface area (TPSA) is 73.6 Å². The Labute approximate surface area is 193 Å². The molecule has 0 aliphatic carbocycles. The van der Waals surface area contributed by atoms with E-state index in [2.05, 4.69) is 10.3 Å². The number of hydrogen-bond donors (Lipinski definition) is 1. The van der Waals surface area contributed by atoms with E-state index in [0.717, 1.165) is 28.2 Å². The van der Waals surface area contributed by atoms with Gasteiger partial charge in [0.2, 0.25) is 5.91 Å². The van der Waals surface area contributed by atoms with Gasteiger partial charge in [-0.3, -0.25) is 4.79 Å². The molecule has 0 unspecified atom stereocenters. The zero-order valence-electron chi connectivity index (χ0n) is 18.5. The van der Waals surface area contributed by atoms with Crippen molar-refractivity contribution in [3.8, 4) is 22.8 Å². The summed E-state index contributed by atoms with van der Waals surface area (Å²) in [4.78, 5) is 16.6. The van der Waals surface area contributed by atoms with Crippen LogP contribution in [0, 0.1) is 0 Å². The van der Waals surface area contributed by atoms with E-state index in [1.165, 1.54) is 0 Å². The lowest BCUT2D eigenvalue weighted by Crippen LogP contribution is -2.23. The van der Waals surface area contributed by atoms with Crippen molar-refractivity contribution in [1.29, 1.82) is 0 Å².